The van der Waals surface area contributed by atoms with Gasteiger partial charge in [0.2, 0.25) is 0 Å². The van der Waals surface area contributed by atoms with Crippen molar-refractivity contribution in [3.8, 4) is 0 Å². The molecule has 2 N–H and O–H groups in total. The maximum atomic E-state index is 12.2. The van der Waals surface area contributed by atoms with Crippen LogP contribution in [0.3, 0.4) is 0 Å². The first-order valence-corrected chi connectivity index (χ1v) is 6.80. The number of carbonyl (C=O) groups excluding carboxylic acids is 2. The van der Waals surface area contributed by atoms with Gasteiger partial charge in [0.25, 0.3) is 0 Å². The minimum atomic E-state index is -1.18. The van der Waals surface area contributed by atoms with Crippen molar-refractivity contribution in [2.24, 2.45) is 16.7 Å². The molecule has 0 aromatic heterocycles. The molecule has 0 saturated heterocycles. The fourth-order valence-corrected chi connectivity index (χ4v) is 2.81. The number of carbonyl (C=O) groups is 2. The minimum Gasteiger partial charge on any atom is -0.436 e. The third-order valence-corrected chi connectivity index (χ3v) is 4.53. The van der Waals surface area contributed by atoms with Crippen LogP contribution in [-0.4, -0.2) is 34.7 Å². The standard InChI is InChI=1S/C14H24O6/c1-8(15)19-11(17)10-6-7-14(5,13(10,3)4)12(18)20-9(2)16/h8-10,15-16H,6-7H2,1-5H3. The molecule has 0 amide bonds. The highest BCUT2D eigenvalue weighted by atomic mass is 16.6. The van der Waals surface area contributed by atoms with E-state index >= 15 is 0 Å². The predicted molar refractivity (Wildman–Crippen MR) is 70.2 cm³/mol. The summed E-state index contributed by atoms with van der Waals surface area (Å²) in [6.07, 6.45) is -1.41. The van der Waals surface area contributed by atoms with E-state index in [2.05, 4.69) is 0 Å². The van der Waals surface area contributed by atoms with Crippen LogP contribution in [-0.2, 0) is 19.1 Å². The molecule has 0 radical (unpaired) electrons. The quantitative estimate of drug-likeness (QED) is 0.596. The smallest absolute Gasteiger partial charge is 0.314 e. The number of aliphatic hydroxyl groups is 2. The second-order valence-corrected chi connectivity index (χ2v) is 6.19. The van der Waals surface area contributed by atoms with Crippen molar-refractivity contribution in [3.63, 3.8) is 0 Å². The molecule has 0 aromatic carbocycles. The molecule has 4 unspecified atom stereocenters. The summed E-state index contributed by atoms with van der Waals surface area (Å²) in [4.78, 5) is 24.2. The number of aliphatic hydroxyl groups excluding tert-OH is 2. The van der Waals surface area contributed by atoms with Crippen LogP contribution in [0.25, 0.3) is 0 Å². The first-order valence-electron chi connectivity index (χ1n) is 6.80. The van der Waals surface area contributed by atoms with Crippen molar-refractivity contribution in [1.82, 2.24) is 0 Å². The number of ether oxygens (including phenoxy) is 2. The van der Waals surface area contributed by atoms with E-state index < -0.39 is 41.3 Å². The Hall–Kier alpha value is -1.14. The number of hydrogen-bond acceptors (Lipinski definition) is 6. The Morgan fingerprint density at radius 3 is 2.05 bits per heavy atom. The SMILES string of the molecule is CC(O)OC(=O)C1CCC(C)(C(=O)OC(C)O)C1(C)C. The number of rotatable bonds is 4. The average molecular weight is 288 g/mol. The van der Waals surface area contributed by atoms with E-state index in [0.717, 1.165) is 0 Å². The van der Waals surface area contributed by atoms with E-state index in [0.29, 0.717) is 12.8 Å². The molecular weight excluding hydrogens is 264 g/mol. The van der Waals surface area contributed by atoms with Gasteiger partial charge in [-0.1, -0.05) is 13.8 Å². The first-order chi connectivity index (χ1) is 9.02. The Balaban J connectivity index is 2.94. The summed E-state index contributed by atoms with van der Waals surface area (Å²) in [5, 5.41) is 18.3. The summed E-state index contributed by atoms with van der Waals surface area (Å²) in [7, 11) is 0. The van der Waals surface area contributed by atoms with Gasteiger partial charge in [0.1, 0.15) is 0 Å². The van der Waals surface area contributed by atoms with Crippen LogP contribution in [0.4, 0.5) is 0 Å². The summed E-state index contributed by atoms with van der Waals surface area (Å²) >= 11 is 0. The summed E-state index contributed by atoms with van der Waals surface area (Å²) in [5.41, 5.74) is -1.57. The van der Waals surface area contributed by atoms with Crippen molar-refractivity contribution < 1.29 is 29.3 Å². The number of esters is 2. The van der Waals surface area contributed by atoms with Gasteiger partial charge in [-0.15, -0.1) is 0 Å². The Labute approximate surface area is 119 Å². The monoisotopic (exact) mass is 288 g/mol. The lowest BCUT2D eigenvalue weighted by Crippen LogP contribution is -2.45. The third-order valence-electron chi connectivity index (χ3n) is 4.53. The molecule has 0 heterocycles. The van der Waals surface area contributed by atoms with Crippen LogP contribution in [0.5, 0.6) is 0 Å². The molecule has 20 heavy (non-hydrogen) atoms. The first kappa shape index (κ1) is 16.9. The minimum absolute atomic E-state index is 0.463. The van der Waals surface area contributed by atoms with Crippen molar-refractivity contribution in [2.75, 3.05) is 0 Å². The van der Waals surface area contributed by atoms with E-state index in [1.165, 1.54) is 13.8 Å². The summed E-state index contributed by atoms with van der Waals surface area (Å²) < 4.78 is 9.74. The lowest BCUT2D eigenvalue weighted by Gasteiger charge is -2.39. The van der Waals surface area contributed by atoms with Gasteiger partial charge in [0, 0.05) is 0 Å². The van der Waals surface area contributed by atoms with Crippen LogP contribution in [0.15, 0.2) is 0 Å². The molecule has 6 heteroatoms. The fraction of sp³-hybridized carbons (Fsp3) is 0.857. The van der Waals surface area contributed by atoms with E-state index in [1.807, 2.05) is 0 Å². The second-order valence-electron chi connectivity index (χ2n) is 6.19. The van der Waals surface area contributed by atoms with Gasteiger partial charge in [-0.05, 0) is 39.0 Å². The van der Waals surface area contributed by atoms with Gasteiger partial charge in [-0.25, -0.2) is 0 Å². The molecular formula is C14H24O6. The maximum absolute atomic E-state index is 12.2. The fourth-order valence-electron chi connectivity index (χ4n) is 2.81. The third kappa shape index (κ3) is 2.96. The van der Waals surface area contributed by atoms with Crippen molar-refractivity contribution in [2.45, 2.75) is 60.0 Å². The van der Waals surface area contributed by atoms with Crippen LogP contribution in [0.1, 0.15) is 47.5 Å². The van der Waals surface area contributed by atoms with Crippen molar-refractivity contribution in [3.05, 3.63) is 0 Å². The lowest BCUT2D eigenvalue weighted by atomic mass is 9.65. The van der Waals surface area contributed by atoms with Crippen LogP contribution >= 0.6 is 0 Å². The van der Waals surface area contributed by atoms with E-state index in [1.54, 1.807) is 20.8 Å². The topological polar surface area (TPSA) is 93.1 Å². The second kappa shape index (κ2) is 5.69. The molecule has 0 bridgehead atoms. The molecule has 1 rings (SSSR count). The summed E-state index contributed by atoms with van der Waals surface area (Å²) in [5.74, 6) is -1.54. The molecule has 1 aliphatic rings. The molecule has 0 aliphatic heterocycles. The Bertz CT molecular complexity index is 387. The average Bonchev–Trinajstić information content (AvgIpc) is 2.49. The molecule has 0 aromatic rings. The van der Waals surface area contributed by atoms with Crippen LogP contribution in [0, 0.1) is 16.7 Å². The van der Waals surface area contributed by atoms with Gasteiger partial charge in [-0.3, -0.25) is 9.59 Å². The van der Waals surface area contributed by atoms with E-state index in [9.17, 15) is 14.7 Å². The number of hydrogen-bond donors (Lipinski definition) is 2. The highest BCUT2D eigenvalue weighted by Crippen LogP contribution is 2.57. The molecule has 1 aliphatic carbocycles. The molecule has 1 saturated carbocycles. The zero-order valence-electron chi connectivity index (χ0n) is 12.7. The summed E-state index contributed by atoms with van der Waals surface area (Å²) in [6.45, 7) is 8.06. The molecule has 116 valence electrons. The van der Waals surface area contributed by atoms with Gasteiger partial charge >= 0.3 is 11.9 Å². The molecule has 6 nitrogen and oxygen atoms in total. The van der Waals surface area contributed by atoms with Gasteiger partial charge in [0.05, 0.1) is 11.3 Å². The highest BCUT2D eigenvalue weighted by molar-refractivity contribution is 5.82. The van der Waals surface area contributed by atoms with E-state index in [4.69, 9.17) is 14.6 Å². The molecule has 0 spiro atoms. The molecule has 1 fully saturated rings. The Morgan fingerprint density at radius 2 is 1.60 bits per heavy atom. The van der Waals surface area contributed by atoms with Crippen molar-refractivity contribution in [1.29, 1.82) is 0 Å². The Kier molecular flexibility index (Phi) is 4.82. The van der Waals surface area contributed by atoms with Crippen LogP contribution in [0.2, 0.25) is 0 Å². The normalized spacial score (nSPS) is 31.4. The van der Waals surface area contributed by atoms with Gasteiger partial charge < -0.3 is 19.7 Å². The summed E-state index contributed by atoms with van der Waals surface area (Å²) in [6, 6.07) is 0. The van der Waals surface area contributed by atoms with Crippen molar-refractivity contribution >= 4 is 11.9 Å². The zero-order valence-corrected chi connectivity index (χ0v) is 12.7. The largest absolute Gasteiger partial charge is 0.436 e. The zero-order chi connectivity index (χ0) is 15.7. The highest BCUT2D eigenvalue weighted by Gasteiger charge is 2.59. The maximum Gasteiger partial charge on any atom is 0.314 e. The predicted octanol–water partition coefficient (Wildman–Crippen LogP) is 1.19. The molecule has 4 atom stereocenters. The van der Waals surface area contributed by atoms with Crippen LogP contribution < -0.4 is 0 Å². The Morgan fingerprint density at radius 1 is 1.10 bits per heavy atom. The lowest BCUT2D eigenvalue weighted by molar-refractivity contribution is -0.186. The van der Waals surface area contributed by atoms with Gasteiger partial charge in [-0.2, -0.15) is 0 Å². The van der Waals surface area contributed by atoms with E-state index in [-0.39, 0.29) is 0 Å². The van der Waals surface area contributed by atoms with Gasteiger partial charge in [0.15, 0.2) is 12.6 Å².